The maximum Gasteiger partial charge on any atom is 0.410 e. The van der Waals surface area contributed by atoms with Crippen LogP contribution in [0.1, 0.15) is 173 Å². The van der Waals surface area contributed by atoms with Gasteiger partial charge in [-0.3, -0.25) is 72.1 Å². The van der Waals surface area contributed by atoms with Crippen molar-refractivity contribution in [2.24, 2.45) is 37.4 Å². The first kappa shape index (κ1) is 78.5. The zero-order valence-corrected chi connectivity index (χ0v) is 64.3. The highest BCUT2D eigenvalue weighted by Crippen LogP contribution is 2.42. The molecule has 5 N–H and O–H groups in total. The van der Waals surface area contributed by atoms with Crippen LogP contribution in [-0.4, -0.2) is 204 Å². The van der Waals surface area contributed by atoms with Crippen molar-refractivity contribution in [2.75, 3.05) is 91.6 Å². The van der Waals surface area contributed by atoms with E-state index >= 15 is 0 Å². The highest BCUT2D eigenvalue weighted by Gasteiger charge is 2.47. The SMILES string of the molecule is CC(C)(C)OC(=O)N1CCC2(CC1)CNC2.Cn1c(=O)n(C2CCC(=O)NC2=O)c2ccc(CCC=O)cc21.Cn1c(=O)n(C2CCC(=O)NC2=O)c2ccc(CCCN3CC4(CCN(C(=O)OC(C)(C)C)CC4)C3)cc21.Cn1c(=O)n(C2CCC(=O)NC2=O)c2ccc(CCCN3CC4(CCNCC4)C3)cc21. The molecule has 9 saturated heterocycles. The number of amides is 8. The number of nitrogens with one attached hydrogen (secondary N) is 5. The zero-order chi connectivity index (χ0) is 77.2. The van der Waals surface area contributed by atoms with Gasteiger partial charge in [0.25, 0.3) is 0 Å². The van der Waals surface area contributed by atoms with Crippen LogP contribution in [0.5, 0.6) is 0 Å². The molecule has 3 aromatic carbocycles. The second kappa shape index (κ2) is 32.2. The van der Waals surface area contributed by atoms with Crippen LogP contribution < -0.4 is 43.7 Å². The van der Waals surface area contributed by atoms with Gasteiger partial charge in [0.2, 0.25) is 35.4 Å². The first-order valence-corrected chi connectivity index (χ1v) is 38.7. The lowest BCUT2D eigenvalue weighted by Gasteiger charge is -2.54. The van der Waals surface area contributed by atoms with E-state index in [4.69, 9.17) is 9.47 Å². The Labute approximate surface area is 628 Å². The number of hydrogen-bond donors (Lipinski definition) is 5. The van der Waals surface area contributed by atoms with Gasteiger partial charge in [-0.15, -0.1) is 0 Å². The molecule has 15 rings (SSSR count). The first-order valence-electron chi connectivity index (χ1n) is 38.7. The van der Waals surface area contributed by atoms with Crippen molar-refractivity contribution in [3.63, 3.8) is 0 Å². The number of imide groups is 3. The number of ether oxygens (including phenoxy) is 2. The topological polar surface area (TPSA) is 326 Å². The van der Waals surface area contributed by atoms with Crippen LogP contribution in [-0.2, 0) is 83.4 Å². The number of piperidine rings is 6. The normalized spacial score (nSPS) is 22.0. The smallest absolute Gasteiger partial charge is 0.410 e. The van der Waals surface area contributed by atoms with Crippen molar-refractivity contribution in [1.82, 2.24) is 73.6 Å². The third kappa shape index (κ3) is 17.6. The number of rotatable bonds is 14. The Morgan fingerprint density at radius 2 is 0.787 bits per heavy atom. The number of benzene rings is 3. The summed E-state index contributed by atoms with van der Waals surface area (Å²) in [6.45, 7) is 26.0. The standard InChI is InChI=1S/C28H39N5O5.C23H31N5O3.C16H17N3O4.C12H22N2O2/c1-27(2,3)38-26(37)32-14-11-28(12-15-32)17-31(18-28)13-5-6-19-7-8-20-22(16-19)30(4)25(36)33(20)21-9-10-23(34)29-24(21)35;1-26-19-13-16(3-2-12-27-14-23(15-27)8-10-24-11-9-23)4-5-17(19)28(22(26)31)18-6-7-20(29)25-21(18)30;1-18-13-9-10(3-2-8-20)4-5-11(13)19(16(18)23)12-6-7-14(21)17-15(12)22;1-11(2,3)16-10(15)14-6-4-12(5-7-14)8-13-9-12/h7-8,16,21H,5-6,9-15,17-18H2,1-4H3,(H,29,34,35);4-5,13,18,24H,2-3,6-12,14-15H2,1H3,(H,25,29,30);4-5,8-9,12H,2-3,6-7H2,1H3,(H,17,21,22);13H,4-9H2,1-3H3. The van der Waals surface area contributed by atoms with E-state index in [1.54, 1.807) is 40.9 Å². The number of aromatic nitrogens is 6. The molecule has 584 valence electrons. The summed E-state index contributed by atoms with van der Waals surface area (Å²) in [4.78, 5) is 153. The Morgan fingerprint density at radius 3 is 1.10 bits per heavy atom. The van der Waals surface area contributed by atoms with Crippen LogP contribution in [0.25, 0.3) is 33.1 Å². The summed E-state index contributed by atoms with van der Waals surface area (Å²) in [5, 5.41) is 13.8. The molecule has 3 atom stereocenters. The van der Waals surface area contributed by atoms with Crippen LogP contribution in [0.2, 0.25) is 0 Å². The van der Waals surface area contributed by atoms with Crippen LogP contribution in [0.4, 0.5) is 9.59 Å². The van der Waals surface area contributed by atoms with Gasteiger partial charge >= 0.3 is 29.3 Å². The summed E-state index contributed by atoms with van der Waals surface area (Å²) in [6, 6.07) is 15.6. The molecule has 12 heterocycles. The van der Waals surface area contributed by atoms with E-state index < -0.39 is 41.4 Å². The van der Waals surface area contributed by atoms with Gasteiger partial charge in [0.15, 0.2) is 0 Å². The van der Waals surface area contributed by atoms with Gasteiger partial charge < -0.3 is 44.5 Å². The largest absolute Gasteiger partial charge is 0.444 e. The number of fused-ring (bicyclic) bond motifs is 3. The Bertz CT molecular complexity index is 4590. The molecule has 9 aliphatic heterocycles. The maximum atomic E-state index is 13.0. The monoisotopic (exact) mass is 1490 g/mol. The Hall–Kier alpha value is -9.06. The lowest BCUT2D eigenvalue weighted by Crippen LogP contribution is -2.61. The van der Waals surface area contributed by atoms with Crippen molar-refractivity contribution in [3.8, 4) is 0 Å². The number of imidazole rings is 3. The fourth-order valence-corrected chi connectivity index (χ4v) is 17.1. The van der Waals surface area contributed by atoms with Gasteiger partial charge in [0, 0.05) is 112 Å². The van der Waals surface area contributed by atoms with Gasteiger partial charge in [-0.2, -0.15) is 0 Å². The predicted octanol–water partition coefficient (Wildman–Crippen LogP) is 5.58. The average Bonchev–Trinajstić information content (AvgIpc) is 1.55. The van der Waals surface area contributed by atoms with E-state index in [0.29, 0.717) is 59.4 Å². The van der Waals surface area contributed by atoms with E-state index in [-0.39, 0.29) is 71.8 Å². The molecule has 3 aromatic heterocycles. The van der Waals surface area contributed by atoms with Gasteiger partial charge in [-0.25, -0.2) is 24.0 Å². The van der Waals surface area contributed by atoms with E-state index in [1.807, 2.05) is 87.7 Å². The molecule has 9 fully saturated rings. The molecule has 0 radical (unpaired) electrons. The number of nitrogens with zero attached hydrogens (tertiary/aromatic N) is 10. The first-order chi connectivity index (χ1) is 51.3. The number of likely N-dealkylation sites (tertiary alicyclic amines) is 4. The van der Waals surface area contributed by atoms with E-state index in [2.05, 4.69) is 48.5 Å². The van der Waals surface area contributed by atoms with Gasteiger partial charge in [-0.05, 0) is 227 Å². The molecule has 0 aliphatic carbocycles. The average molecular weight is 1490 g/mol. The number of hydrogen-bond acceptors (Lipinski definition) is 18. The highest BCUT2D eigenvalue weighted by molar-refractivity contribution is 6.01. The molecule has 29 nitrogen and oxygen atoms in total. The van der Waals surface area contributed by atoms with E-state index in [0.717, 1.165) is 169 Å². The lowest BCUT2D eigenvalue weighted by atomic mass is 9.72. The summed E-state index contributed by atoms with van der Waals surface area (Å²) >= 11 is 0. The summed E-state index contributed by atoms with van der Waals surface area (Å²) in [6.07, 6.45) is 14.1. The van der Waals surface area contributed by atoms with E-state index in [1.165, 1.54) is 45.2 Å². The van der Waals surface area contributed by atoms with Crippen molar-refractivity contribution >= 4 is 87.0 Å². The third-order valence-electron chi connectivity index (χ3n) is 23.3. The van der Waals surface area contributed by atoms with Gasteiger partial charge in [0.1, 0.15) is 35.6 Å². The zero-order valence-electron chi connectivity index (χ0n) is 64.3. The van der Waals surface area contributed by atoms with Crippen LogP contribution in [0.15, 0.2) is 69.0 Å². The molecule has 0 bridgehead atoms. The van der Waals surface area contributed by atoms with E-state index in [9.17, 15) is 57.5 Å². The number of carbonyl (C=O) groups excluding carboxylic acids is 9. The second-order valence-corrected chi connectivity index (χ2v) is 33.6. The van der Waals surface area contributed by atoms with Crippen LogP contribution >= 0.6 is 0 Å². The van der Waals surface area contributed by atoms with Gasteiger partial charge in [0.05, 0.1) is 33.1 Å². The minimum absolute atomic E-state index is 0.158. The van der Waals surface area contributed by atoms with Crippen molar-refractivity contribution in [2.45, 2.75) is 186 Å². The molecule has 0 saturated carbocycles. The molecule has 9 aliphatic rings. The molecule has 8 amide bonds. The molecule has 6 aromatic rings. The minimum atomic E-state index is -0.676. The maximum absolute atomic E-state index is 13.0. The molecule has 3 unspecified atom stereocenters. The summed E-state index contributed by atoms with van der Waals surface area (Å²) in [5.74, 6) is -2.12. The molecule has 108 heavy (non-hydrogen) atoms. The van der Waals surface area contributed by atoms with Crippen LogP contribution in [0.3, 0.4) is 0 Å². The highest BCUT2D eigenvalue weighted by atomic mass is 16.6. The molecule has 3 spiro atoms. The molecular formula is C79H109N15O14. The Morgan fingerprint density at radius 1 is 0.454 bits per heavy atom. The fraction of sp³-hybridized carbons (Fsp3) is 0.620. The van der Waals surface area contributed by atoms with Crippen molar-refractivity contribution < 1.29 is 52.6 Å². The Kier molecular flexibility index (Phi) is 23.4. The number of aldehydes is 1. The molecule has 29 heteroatoms. The van der Waals surface area contributed by atoms with Gasteiger partial charge in [-0.1, -0.05) is 18.2 Å². The van der Waals surface area contributed by atoms with Crippen molar-refractivity contribution in [1.29, 1.82) is 0 Å². The van der Waals surface area contributed by atoms with Crippen LogP contribution in [0, 0.1) is 16.2 Å². The third-order valence-corrected chi connectivity index (χ3v) is 23.3. The lowest BCUT2D eigenvalue weighted by molar-refractivity contribution is -0.137. The molecular weight excluding hydrogens is 1380 g/mol. The summed E-state index contributed by atoms with van der Waals surface area (Å²) in [7, 11) is 5.12. The fourth-order valence-electron chi connectivity index (χ4n) is 17.1. The summed E-state index contributed by atoms with van der Waals surface area (Å²) < 4.78 is 20.1. The predicted molar refractivity (Wildman–Crippen MR) is 406 cm³/mol. The van der Waals surface area contributed by atoms with Crippen molar-refractivity contribution in [3.05, 3.63) is 103 Å². The minimum Gasteiger partial charge on any atom is -0.444 e. The quantitative estimate of drug-likeness (QED) is 0.0657. The number of aryl methyl sites for hydroxylation is 6. The summed E-state index contributed by atoms with van der Waals surface area (Å²) in [5.41, 5.74) is 7.60. The Balaban J connectivity index is 0.000000140. The second-order valence-electron chi connectivity index (χ2n) is 33.6. The number of carbonyl (C=O) groups is 9.